The van der Waals surface area contributed by atoms with Crippen LogP contribution in [-0.2, 0) is 0 Å². The molecule has 1 amide bonds. The largest absolute Gasteiger partial charge is 0.321 e. The summed E-state index contributed by atoms with van der Waals surface area (Å²) in [6, 6.07) is 15.4. The van der Waals surface area contributed by atoms with E-state index in [1.54, 1.807) is 0 Å². The molecule has 0 fully saturated rings. The van der Waals surface area contributed by atoms with Gasteiger partial charge in [-0.3, -0.25) is 4.79 Å². The number of aryl methyl sites for hydroxylation is 1. The van der Waals surface area contributed by atoms with E-state index in [1.165, 1.54) is 35.6 Å². The second-order valence-electron chi connectivity index (χ2n) is 4.75. The van der Waals surface area contributed by atoms with Crippen molar-refractivity contribution in [3.05, 3.63) is 71.0 Å². The average molecular weight is 312 g/mol. The minimum atomic E-state index is -0.339. The van der Waals surface area contributed by atoms with Crippen molar-refractivity contribution in [2.45, 2.75) is 6.92 Å². The third-order valence-corrected chi connectivity index (χ3v) is 4.15. The van der Waals surface area contributed by atoms with Gasteiger partial charge in [0.15, 0.2) is 0 Å². The summed E-state index contributed by atoms with van der Waals surface area (Å²) in [6.07, 6.45) is 0. The molecule has 0 aliphatic heterocycles. The van der Waals surface area contributed by atoms with Gasteiger partial charge in [-0.1, -0.05) is 30.3 Å². The Bertz CT molecular complexity index is 797. The predicted molar refractivity (Wildman–Crippen MR) is 86.6 cm³/mol. The number of thiazole rings is 1. The van der Waals surface area contributed by atoms with E-state index < -0.39 is 0 Å². The van der Waals surface area contributed by atoms with Crippen LogP contribution in [0.4, 0.5) is 10.1 Å². The SMILES string of the molecule is Cc1sc(-c2ccccc2)nc1C(=O)Nc1ccc(F)cc1. The van der Waals surface area contributed by atoms with Gasteiger partial charge in [0.2, 0.25) is 0 Å². The van der Waals surface area contributed by atoms with Gasteiger partial charge < -0.3 is 5.32 Å². The molecular formula is C17H13FN2OS. The van der Waals surface area contributed by atoms with Gasteiger partial charge in [0.1, 0.15) is 16.5 Å². The van der Waals surface area contributed by atoms with E-state index in [2.05, 4.69) is 10.3 Å². The lowest BCUT2D eigenvalue weighted by Gasteiger charge is -2.03. The molecule has 0 atom stereocenters. The minimum absolute atomic E-state index is 0.289. The summed E-state index contributed by atoms with van der Waals surface area (Å²) in [4.78, 5) is 17.6. The van der Waals surface area contributed by atoms with Crippen molar-refractivity contribution >= 4 is 22.9 Å². The normalized spacial score (nSPS) is 10.5. The zero-order valence-electron chi connectivity index (χ0n) is 11.8. The van der Waals surface area contributed by atoms with Crippen LogP contribution < -0.4 is 5.32 Å². The maximum Gasteiger partial charge on any atom is 0.275 e. The number of rotatable bonds is 3. The number of anilines is 1. The van der Waals surface area contributed by atoms with Gasteiger partial charge >= 0.3 is 0 Å². The van der Waals surface area contributed by atoms with Crippen molar-refractivity contribution in [1.82, 2.24) is 4.98 Å². The van der Waals surface area contributed by atoms with Gasteiger partial charge in [-0.25, -0.2) is 9.37 Å². The van der Waals surface area contributed by atoms with Crippen LogP contribution in [0, 0.1) is 12.7 Å². The molecule has 0 aliphatic rings. The number of carbonyl (C=O) groups is 1. The molecular weight excluding hydrogens is 299 g/mol. The van der Waals surface area contributed by atoms with Gasteiger partial charge in [0, 0.05) is 16.1 Å². The number of hydrogen-bond donors (Lipinski definition) is 1. The molecule has 110 valence electrons. The second kappa shape index (κ2) is 6.07. The number of hydrogen-bond acceptors (Lipinski definition) is 3. The quantitative estimate of drug-likeness (QED) is 0.773. The van der Waals surface area contributed by atoms with Crippen LogP contribution in [0.5, 0.6) is 0 Å². The summed E-state index contributed by atoms with van der Waals surface area (Å²) >= 11 is 1.48. The number of nitrogens with zero attached hydrogens (tertiary/aromatic N) is 1. The number of nitrogens with one attached hydrogen (secondary N) is 1. The van der Waals surface area contributed by atoms with Crippen LogP contribution >= 0.6 is 11.3 Å². The smallest absolute Gasteiger partial charge is 0.275 e. The molecule has 5 heteroatoms. The standard InChI is InChI=1S/C17H13FN2OS/c1-11-15(16(21)19-14-9-7-13(18)8-10-14)20-17(22-11)12-5-3-2-4-6-12/h2-10H,1H3,(H,19,21). The molecule has 0 aliphatic carbocycles. The van der Waals surface area contributed by atoms with Crippen molar-refractivity contribution in [3.8, 4) is 10.6 Å². The second-order valence-corrected chi connectivity index (χ2v) is 5.95. The van der Waals surface area contributed by atoms with E-state index in [0.717, 1.165) is 15.4 Å². The van der Waals surface area contributed by atoms with E-state index in [0.29, 0.717) is 11.4 Å². The first-order chi connectivity index (χ1) is 10.6. The minimum Gasteiger partial charge on any atom is -0.321 e. The molecule has 0 saturated carbocycles. The Labute approximate surface area is 131 Å². The maximum atomic E-state index is 12.9. The fraction of sp³-hybridized carbons (Fsp3) is 0.0588. The summed E-state index contributed by atoms with van der Waals surface area (Å²) in [5, 5.41) is 3.54. The number of amides is 1. The van der Waals surface area contributed by atoms with Gasteiger partial charge in [-0.05, 0) is 31.2 Å². The molecule has 3 rings (SSSR count). The number of carbonyl (C=O) groups excluding carboxylic acids is 1. The highest BCUT2D eigenvalue weighted by atomic mass is 32.1. The van der Waals surface area contributed by atoms with Crippen LogP contribution in [-0.4, -0.2) is 10.9 Å². The fourth-order valence-corrected chi connectivity index (χ4v) is 2.95. The average Bonchev–Trinajstić information content (AvgIpc) is 2.92. The fourth-order valence-electron chi connectivity index (χ4n) is 2.03. The summed E-state index contributed by atoms with van der Waals surface area (Å²) in [6.45, 7) is 1.86. The molecule has 1 aromatic heterocycles. The zero-order chi connectivity index (χ0) is 15.5. The Hall–Kier alpha value is -2.53. The molecule has 22 heavy (non-hydrogen) atoms. The topological polar surface area (TPSA) is 42.0 Å². The van der Waals surface area contributed by atoms with E-state index in [1.807, 2.05) is 37.3 Å². The Morgan fingerprint density at radius 3 is 2.45 bits per heavy atom. The van der Waals surface area contributed by atoms with Gasteiger partial charge in [0.25, 0.3) is 5.91 Å². The lowest BCUT2D eigenvalue weighted by Crippen LogP contribution is -2.13. The summed E-state index contributed by atoms with van der Waals surface area (Å²) in [7, 11) is 0. The maximum absolute atomic E-state index is 12.9. The Balaban J connectivity index is 1.84. The molecule has 0 radical (unpaired) electrons. The Morgan fingerprint density at radius 1 is 1.09 bits per heavy atom. The van der Waals surface area contributed by atoms with Crippen molar-refractivity contribution in [2.24, 2.45) is 0 Å². The first-order valence-electron chi connectivity index (χ1n) is 6.73. The van der Waals surface area contributed by atoms with Gasteiger partial charge in [0.05, 0.1) is 0 Å². The first-order valence-corrected chi connectivity index (χ1v) is 7.55. The molecule has 0 bridgehead atoms. The highest BCUT2D eigenvalue weighted by Crippen LogP contribution is 2.27. The van der Waals surface area contributed by atoms with Crippen molar-refractivity contribution < 1.29 is 9.18 Å². The van der Waals surface area contributed by atoms with Crippen molar-refractivity contribution in [2.75, 3.05) is 5.32 Å². The van der Waals surface area contributed by atoms with Crippen molar-refractivity contribution in [1.29, 1.82) is 0 Å². The number of benzene rings is 2. The molecule has 3 aromatic rings. The number of halogens is 1. The highest BCUT2D eigenvalue weighted by Gasteiger charge is 2.16. The van der Waals surface area contributed by atoms with E-state index >= 15 is 0 Å². The lowest BCUT2D eigenvalue weighted by atomic mass is 10.2. The Kier molecular flexibility index (Phi) is 3.98. The molecule has 2 aromatic carbocycles. The molecule has 0 spiro atoms. The van der Waals surface area contributed by atoms with Gasteiger partial charge in [-0.15, -0.1) is 11.3 Å². The van der Waals surface area contributed by atoms with Crippen LogP contribution in [0.2, 0.25) is 0 Å². The molecule has 0 unspecified atom stereocenters. The van der Waals surface area contributed by atoms with Crippen LogP contribution in [0.1, 0.15) is 15.4 Å². The molecule has 3 nitrogen and oxygen atoms in total. The van der Waals surface area contributed by atoms with E-state index in [-0.39, 0.29) is 11.7 Å². The summed E-state index contributed by atoms with van der Waals surface area (Å²) in [5.41, 5.74) is 1.92. The van der Waals surface area contributed by atoms with Crippen LogP contribution in [0.3, 0.4) is 0 Å². The zero-order valence-corrected chi connectivity index (χ0v) is 12.7. The highest BCUT2D eigenvalue weighted by molar-refractivity contribution is 7.15. The predicted octanol–water partition coefficient (Wildman–Crippen LogP) is 4.51. The lowest BCUT2D eigenvalue weighted by molar-refractivity contribution is 0.102. The molecule has 0 saturated heterocycles. The van der Waals surface area contributed by atoms with Crippen LogP contribution in [0.15, 0.2) is 54.6 Å². The summed E-state index contributed by atoms with van der Waals surface area (Å²) < 4.78 is 12.9. The number of aromatic nitrogens is 1. The summed E-state index contributed by atoms with van der Waals surface area (Å²) in [5.74, 6) is -0.628. The Morgan fingerprint density at radius 2 is 1.77 bits per heavy atom. The third kappa shape index (κ3) is 3.04. The van der Waals surface area contributed by atoms with E-state index in [9.17, 15) is 9.18 Å². The first kappa shape index (κ1) is 14.4. The van der Waals surface area contributed by atoms with E-state index in [4.69, 9.17) is 0 Å². The van der Waals surface area contributed by atoms with Crippen molar-refractivity contribution in [3.63, 3.8) is 0 Å². The molecule has 1 heterocycles. The van der Waals surface area contributed by atoms with Gasteiger partial charge in [-0.2, -0.15) is 0 Å². The monoisotopic (exact) mass is 312 g/mol. The molecule has 1 N–H and O–H groups in total. The third-order valence-electron chi connectivity index (χ3n) is 3.13. The van der Waals surface area contributed by atoms with Crippen LogP contribution in [0.25, 0.3) is 10.6 Å².